The summed E-state index contributed by atoms with van der Waals surface area (Å²) in [6.07, 6.45) is 13.9. The maximum atomic E-state index is 10.4. The first-order valence-electron chi connectivity index (χ1n) is 8.77. The minimum Gasteiger partial charge on any atom is -0.330 e. The van der Waals surface area contributed by atoms with E-state index in [0.29, 0.717) is 0 Å². The molecule has 2 N–H and O–H groups in total. The molecule has 22 heavy (non-hydrogen) atoms. The van der Waals surface area contributed by atoms with Crippen LogP contribution < -0.4 is 5.73 Å². The normalized spacial score (nSPS) is 11.1. The van der Waals surface area contributed by atoms with Crippen molar-refractivity contribution in [2.24, 2.45) is 5.73 Å². The molecule has 0 aromatic heterocycles. The summed E-state index contributed by atoms with van der Waals surface area (Å²) in [6.45, 7) is 6.53. The molecule has 136 valence electrons. The molecule has 0 spiro atoms. The van der Waals surface area contributed by atoms with Gasteiger partial charge in [-0.2, -0.15) is 8.42 Å². The van der Waals surface area contributed by atoms with Crippen LogP contribution in [0, 0.1) is 0 Å². The number of unbranched alkanes of at least 4 members (excludes halogenated alkanes) is 9. The van der Waals surface area contributed by atoms with E-state index in [9.17, 15) is 8.42 Å². The zero-order valence-electron chi connectivity index (χ0n) is 14.8. The summed E-state index contributed by atoms with van der Waals surface area (Å²) in [5, 5.41) is 0. The third kappa shape index (κ3) is 22.1. The Morgan fingerprint density at radius 2 is 1.05 bits per heavy atom. The summed E-state index contributed by atoms with van der Waals surface area (Å²) in [6, 6.07) is 0. The molecule has 0 aliphatic heterocycles. The predicted octanol–water partition coefficient (Wildman–Crippen LogP) is 4.17. The van der Waals surface area contributed by atoms with Crippen LogP contribution in [0.15, 0.2) is 0 Å². The largest absolute Gasteiger partial charge is 0.399 e. The highest BCUT2D eigenvalue weighted by atomic mass is 32.3. The van der Waals surface area contributed by atoms with Gasteiger partial charge < -0.3 is 5.73 Å². The van der Waals surface area contributed by atoms with Crippen LogP contribution in [0.25, 0.3) is 0 Å². The highest BCUT2D eigenvalue weighted by Gasteiger charge is 2.06. The molecule has 0 amide bonds. The van der Waals surface area contributed by atoms with E-state index in [2.05, 4.69) is 15.3 Å². The smallest absolute Gasteiger partial charge is 0.330 e. The molecule has 0 aliphatic rings. The van der Waals surface area contributed by atoms with Gasteiger partial charge in [0, 0.05) is 0 Å². The summed E-state index contributed by atoms with van der Waals surface area (Å²) < 4.78 is 29.2. The summed E-state index contributed by atoms with van der Waals surface area (Å²) in [4.78, 5) is 0. The standard InChI is InChI=1S/C12H27N.C4H10O4S/c1-2-3-4-5-6-7-8-9-10-11-12-13;1-3-7-9(5,6)8-4-2/h2-13H2,1H3;3-4H2,1-2H3. The number of rotatable bonds is 14. The Morgan fingerprint density at radius 1 is 0.682 bits per heavy atom. The van der Waals surface area contributed by atoms with Crippen molar-refractivity contribution < 1.29 is 16.8 Å². The Labute approximate surface area is 138 Å². The van der Waals surface area contributed by atoms with E-state index in [-0.39, 0.29) is 13.2 Å². The topological polar surface area (TPSA) is 78.6 Å². The maximum Gasteiger partial charge on any atom is 0.399 e. The van der Waals surface area contributed by atoms with Crippen molar-refractivity contribution in [1.29, 1.82) is 0 Å². The molecule has 0 saturated carbocycles. The van der Waals surface area contributed by atoms with Gasteiger partial charge in [0.05, 0.1) is 13.2 Å². The second-order valence-corrected chi connectivity index (χ2v) is 6.48. The van der Waals surface area contributed by atoms with Crippen molar-refractivity contribution in [2.75, 3.05) is 19.8 Å². The Balaban J connectivity index is 0. The van der Waals surface area contributed by atoms with E-state index in [1.165, 1.54) is 64.2 Å². The van der Waals surface area contributed by atoms with Crippen molar-refractivity contribution in [3.05, 3.63) is 0 Å². The molecule has 0 radical (unpaired) electrons. The molecule has 0 aromatic rings. The highest BCUT2D eigenvalue weighted by Crippen LogP contribution is 2.09. The fourth-order valence-corrected chi connectivity index (χ4v) is 2.60. The van der Waals surface area contributed by atoms with Crippen molar-refractivity contribution >= 4 is 10.4 Å². The van der Waals surface area contributed by atoms with Gasteiger partial charge in [0.2, 0.25) is 0 Å². The van der Waals surface area contributed by atoms with Crippen LogP contribution in [-0.4, -0.2) is 28.2 Å². The van der Waals surface area contributed by atoms with Crippen molar-refractivity contribution in [2.45, 2.75) is 85.0 Å². The van der Waals surface area contributed by atoms with E-state index in [0.717, 1.165) is 6.54 Å². The summed E-state index contributed by atoms with van der Waals surface area (Å²) in [5.41, 5.74) is 5.42. The molecule has 0 saturated heterocycles. The molecule has 0 aliphatic carbocycles. The van der Waals surface area contributed by atoms with Crippen LogP contribution in [-0.2, 0) is 18.8 Å². The lowest BCUT2D eigenvalue weighted by Crippen LogP contribution is -2.09. The summed E-state index contributed by atoms with van der Waals surface area (Å²) in [7, 11) is -3.68. The Hall–Kier alpha value is -0.170. The van der Waals surface area contributed by atoms with Crippen molar-refractivity contribution in [3.8, 4) is 0 Å². The van der Waals surface area contributed by atoms with E-state index in [4.69, 9.17) is 5.73 Å². The van der Waals surface area contributed by atoms with Gasteiger partial charge in [0.1, 0.15) is 0 Å². The number of nitrogens with two attached hydrogens (primary N) is 1. The van der Waals surface area contributed by atoms with Crippen LogP contribution in [0.1, 0.15) is 85.0 Å². The molecule has 0 bridgehead atoms. The van der Waals surface area contributed by atoms with Crippen molar-refractivity contribution in [3.63, 3.8) is 0 Å². The minimum atomic E-state index is -3.68. The van der Waals surface area contributed by atoms with Crippen LogP contribution >= 0.6 is 0 Å². The monoisotopic (exact) mass is 339 g/mol. The molecule has 0 fully saturated rings. The van der Waals surface area contributed by atoms with Crippen LogP contribution in [0.3, 0.4) is 0 Å². The molecular weight excluding hydrogens is 302 g/mol. The first-order valence-corrected chi connectivity index (χ1v) is 10.1. The predicted molar refractivity (Wildman–Crippen MR) is 93.1 cm³/mol. The zero-order chi connectivity index (χ0) is 17.1. The van der Waals surface area contributed by atoms with E-state index < -0.39 is 10.4 Å². The lowest BCUT2D eigenvalue weighted by atomic mass is 10.1. The average molecular weight is 340 g/mol. The first kappa shape index (κ1) is 24.1. The summed E-state index contributed by atoms with van der Waals surface area (Å²) >= 11 is 0. The maximum absolute atomic E-state index is 10.4. The van der Waals surface area contributed by atoms with Gasteiger partial charge in [-0.05, 0) is 26.8 Å². The molecule has 0 unspecified atom stereocenters. The third-order valence-electron chi connectivity index (χ3n) is 3.08. The second kappa shape index (κ2) is 18.9. The lowest BCUT2D eigenvalue weighted by molar-refractivity contribution is 0.231. The fraction of sp³-hybridized carbons (Fsp3) is 1.00. The van der Waals surface area contributed by atoms with Crippen LogP contribution in [0.2, 0.25) is 0 Å². The highest BCUT2D eigenvalue weighted by molar-refractivity contribution is 7.81. The molecule has 0 aromatic carbocycles. The number of hydrogen-bond donors (Lipinski definition) is 1. The fourth-order valence-electron chi connectivity index (χ4n) is 1.95. The quantitative estimate of drug-likeness (QED) is 0.480. The minimum absolute atomic E-state index is 0.113. The Kier molecular flexibility index (Phi) is 20.7. The first-order chi connectivity index (χ1) is 10.5. The van der Waals surface area contributed by atoms with Gasteiger partial charge in [0.25, 0.3) is 0 Å². The van der Waals surface area contributed by atoms with Crippen LogP contribution in [0.5, 0.6) is 0 Å². The SMILES string of the molecule is CCCCCCCCCCCCN.CCOS(=O)(=O)OCC. The molecular formula is C16H37NO4S. The Bertz CT molecular complexity index is 273. The van der Waals surface area contributed by atoms with Gasteiger partial charge in [0.15, 0.2) is 0 Å². The number of hydrogen-bond acceptors (Lipinski definition) is 5. The third-order valence-corrected chi connectivity index (χ3v) is 4.13. The zero-order valence-corrected chi connectivity index (χ0v) is 15.6. The van der Waals surface area contributed by atoms with Gasteiger partial charge in [-0.1, -0.05) is 64.7 Å². The average Bonchev–Trinajstić information content (AvgIpc) is 2.46. The van der Waals surface area contributed by atoms with Crippen LogP contribution in [0.4, 0.5) is 0 Å². The second-order valence-electron chi connectivity index (χ2n) is 5.19. The molecule has 5 nitrogen and oxygen atoms in total. The van der Waals surface area contributed by atoms with Crippen molar-refractivity contribution in [1.82, 2.24) is 0 Å². The summed E-state index contributed by atoms with van der Waals surface area (Å²) in [5.74, 6) is 0. The lowest BCUT2D eigenvalue weighted by Gasteiger charge is -2.00. The van der Waals surface area contributed by atoms with Gasteiger partial charge in [-0.3, -0.25) is 0 Å². The van der Waals surface area contributed by atoms with Gasteiger partial charge in [-0.25, -0.2) is 8.37 Å². The Morgan fingerprint density at radius 3 is 1.36 bits per heavy atom. The molecule has 6 heteroatoms. The van der Waals surface area contributed by atoms with E-state index >= 15 is 0 Å². The van der Waals surface area contributed by atoms with Gasteiger partial charge >= 0.3 is 10.4 Å². The molecule has 0 rings (SSSR count). The van der Waals surface area contributed by atoms with E-state index in [1.54, 1.807) is 13.8 Å². The van der Waals surface area contributed by atoms with E-state index in [1.807, 2.05) is 0 Å². The van der Waals surface area contributed by atoms with Gasteiger partial charge in [-0.15, -0.1) is 0 Å². The molecule has 0 atom stereocenters. The molecule has 0 heterocycles.